The fourth-order valence-electron chi connectivity index (χ4n) is 2.19. The maximum atomic E-state index is 12.2. The summed E-state index contributed by atoms with van der Waals surface area (Å²) in [7, 11) is 0. The van der Waals surface area contributed by atoms with E-state index in [9.17, 15) is 4.79 Å². The minimum absolute atomic E-state index is 0.00345. The van der Waals surface area contributed by atoms with Gasteiger partial charge in [-0.15, -0.1) is 0 Å². The summed E-state index contributed by atoms with van der Waals surface area (Å²) in [4.78, 5) is 12.2. The molecule has 98 valence electrons. The second-order valence-corrected chi connectivity index (χ2v) is 7.06. The van der Waals surface area contributed by atoms with Crippen molar-refractivity contribution in [1.82, 2.24) is 0 Å². The minimum Gasteiger partial charge on any atom is -0.327 e. The van der Waals surface area contributed by atoms with Crippen LogP contribution in [0, 0.1) is 5.92 Å². The summed E-state index contributed by atoms with van der Waals surface area (Å²) in [6.45, 7) is 0. The van der Waals surface area contributed by atoms with Crippen molar-refractivity contribution in [2.75, 3.05) is 5.32 Å². The van der Waals surface area contributed by atoms with E-state index in [-0.39, 0.29) is 17.9 Å². The molecule has 2 atom stereocenters. The van der Waals surface area contributed by atoms with Gasteiger partial charge in [-0.2, -0.15) is 0 Å². The van der Waals surface area contributed by atoms with Crippen molar-refractivity contribution < 1.29 is 4.79 Å². The van der Waals surface area contributed by atoms with Crippen molar-refractivity contribution in [1.29, 1.82) is 0 Å². The average Bonchev–Trinajstić information content (AvgIpc) is 2.69. The van der Waals surface area contributed by atoms with Gasteiger partial charge < -0.3 is 11.1 Å². The van der Waals surface area contributed by atoms with Crippen LogP contribution in [-0.4, -0.2) is 11.9 Å². The second kappa shape index (κ2) is 6.03. The van der Waals surface area contributed by atoms with Crippen LogP contribution >= 0.6 is 47.8 Å². The van der Waals surface area contributed by atoms with E-state index in [1.54, 1.807) is 0 Å². The van der Waals surface area contributed by atoms with Gasteiger partial charge in [0.2, 0.25) is 5.91 Å². The van der Waals surface area contributed by atoms with E-state index in [0.29, 0.717) is 0 Å². The van der Waals surface area contributed by atoms with Crippen LogP contribution in [0.5, 0.6) is 0 Å². The first-order valence-electron chi connectivity index (χ1n) is 5.70. The highest BCUT2D eigenvalue weighted by molar-refractivity contribution is 9.11. The van der Waals surface area contributed by atoms with Crippen LogP contribution in [-0.2, 0) is 4.79 Å². The Kier molecular flexibility index (Phi) is 4.86. The first-order valence-corrected chi connectivity index (χ1v) is 8.08. The number of nitrogens with one attached hydrogen (secondary N) is 1. The van der Waals surface area contributed by atoms with E-state index in [4.69, 9.17) is 5.73 Å². The van der Waals surface area contributed by atoms with Gasteiger partial charge in [0.15, 0.2) is 0 Å². The molecule has 0 aliphatic heterocycles. The molecule has 0 saturated heterocycles. The van der Waals surface area contributed by atoms with Gasteiger partial charge in [0, 0.05) is 19.5 Å². The predicted molar refractivity (Wildman–Crippen MR) is 83.5 cm³/mol. The highest BCUT2D eigenvalue weighted by Gasteiger charge is 2.30. The van der Waals surface area contributed by atoms with E-state index in [0.717, 1.165) is 38.4 Å². The zero-order valence-corrected chi connectivity index (χ0v) is 14.3. The highest BCUT2D eigenvalue weighted by Crippen LogP contribution is 2.35. The molecule has 2 unspecified atom stereocenters. The lowest BCUT2D eigenvalue weighted by atomic mass is 10.0. The molecule has 0 aromatic heterocycles. The Morgan fingerprint density at radius 3 is 2.33 bits per heavy atom. The maximum absolute atomic E-state index is 12.2. The van der Waals surface area contributed by atoms with Crippen LogP contribution in [0.4, 0.5) is 5.69 Å². The molecule has 0 spiro atoms. The number of hydrogen-bond donors (Lipinski definition) is 2. The first-order chi connectivity index (χ1) is 8.49. The average molecular weight is 441 g/mol. The normalized spacial score (nSPS) is 23.1. The van der Waals surface area contributed by atoms with Gasteiger partial charge in [-0.3, -0.25) is 4.79 Å². The van der Waals surface area contributed by atoms with E-state index in [1.165, 1.54) is 0 Å². The Labute approximate surface area is 131 Å². The Bertz CT molecular complexity index is 455. The summed E-state index contributed by atoms with van der Waals surface area (Å²) in [5.74, 6) is -0.0730. The molecule has 3 N–H and O–H groups in total. The van der Waals surface area contributed by atoms with Crippen LogP contribution in [0.15, 0.2) is 25.6 Å². The molecular formula is C12H13Br3N2O. The number of rotatable bonds is 2. The Morgan fingerprint density at radius 1 is 1.22 bits per heavy atom. The molecule has 1 aliphatic carbocycles. The zero-order chi connectivity index (χ0) is 13.3. The zero-order valence-electron chi connectivity index (χ0n) is 9.55. The molecule has 6 heteroatoms. The van der Waals surface area contributed by atoms with Crippen LogP contribution < -0.4 is 11.1 Å². The topological polar surface area (TPSA) is 55.1 Å². The molecule has 2 rings (SSSR count). The smallest absolute Gasteiger partial charge is 0.229 e. The number of nitrogens with two attached hydrogens (primary N) is 1. The number of benzene rings is 1. The highest BCUT2D eigenvalue weighted by atomic mass is 79.9. The maximum Gasteiger partial charge on any atom is 0.229 e. The predicted octanol–water partition coefficient (Wildman–Crippen LogP) is 4.04. The van der Waals surface area contributed by atoms with Gasteiger partial charge in [0.1, 0.15) is 0 Å². The van der Waals surface area contributed by atoms with Crippen molar-refractivity contribution >= 4 is 59.4 Å². The summed E-state index contributed by atoms with van der Waals surface area (Å²) in [6, 6.07) is 3.78. The summed E-state index contributed by atoms with van der Waals surface area (Å²) >= 11 is 10.3. The Hall–Kier alpha value is 0.0900. The van der Waals surface area contributed by atoms with Crippen molar-refractivity contribution in [2.45, 2.75) is 25.3 Å². The number of anilines is 1. The summed E-state index contributed by atoms with van der Waals surface area (Å²) < 4.78 is 2.61. The third-order valence-electron chi connectivity index (χ3n) is 3.16. The minimum atomic E-state index is -0.0764. The Balaban J connectivity index is 2.17. The number of halogens is 3. The molecular weight excluding hydrogens is 428 g/mol. The van der Waals surface area contributed by atoms with Crippen molar-refractivity contribution in [3.05, 3.63) is 25.6 Å². The molecule has 3 nitrogen and oxygen atoms in total. The van der Waals surface area contributed by atoms with Gasteiger partial charge >= 0.3 is 0 Å². The number of carbonyl (C=O) groups excluding carboxylic acids is 1. The SMILES string of the molecule is NC1CCCC1C(=O)Nc1c(Br)cc(Br)cc1Br. The van der Waals surface area contributed by atoms with Crippen molar-refractivity contribution in [2.24, 2.45) is 11.7 Å². The monoisotopic (exact) mass is 438 g/mol. The molecule has 1 aliphatic rings. The summed E-state index contributed by atoms with van der Waals surface area (Å²) in [6.07, 6.45) is 2.83. The second-order valence-electron chi connectivity index (χ2n) is 4.43. The van der Waals surface area contributed by atoms with Gasteiger partial charge in [0.05, 0.1) is 11.6 Å². The summed E-state index contributed by atoms with van der Waals surface area (Å²) in [5.41, 5.74) is 6.69. The van der Waals surface area contributed by atoms with Gasteiger partial charge in [-0.25, -0.2) is 0 Å². The van der Waals surface area contributed by atoms with Crippen LogP contribution in [0.2, 0.25) is 0 Å². The third kappa shape index (κ3) is 3.15. The fraction of sp³-hybridized carbons (Fsp3) is 0.417. The number of amides is 1. The lowest BCUT2D eigenvalue weighted by Crippen LogP contribution is -2.34. The van der Waals surface area contributed by atoms with Crippen molar-refractivity contribution in [3.8, 4) is 0 Å². The van der Waals surface area contributed by atoms with E-state index >= 15 is 0 Å². The standard InChI is InChI=1S/C12H13Br3N2O/c13-6-4-8(14)11(9(15)5-6)17-12(18)7-2-1-3-10(7)16/h4-5,7,10H,1-3,16H2,(H,17,18). The number of hydrogen-bond acceptors (Lipinski definition) is 2. The van der Waals surface area contributed by atoms with E-state index < -0.39 is 0 Å². The Morgan fingerprint density at radius 2 is 1.83 bits per heavy atom. The number of carbonyl (C=O) groups is 1. The molecule has 0 bridgehead atoms. The van der Waals surface area contributed by atoms with Gasteiger partial charge in [0.25, 0.3) is 0 Å². The summed E-state index contributed by atoms with van der Waals surface area (Å²) in [5, 5.41) is 2.94. The third-order valence-corrected chi connectivity index (χ3v) is 4.87. The van der Waals surface area contributed by atoms with Gasteiger partial charge in [-0.1, -0.05) is 22.4 Å². The van der Waals surface area contributed by atoms with Crippen molar-refractivity contribution in [3.63, 3.8) is 0 Å². The fourth-order valence-corrected chi connectivity index (χ4v) is 4.65. The molecule has 0 heterocycles. The molecule has 18 heavy (non-hydrogen) atoms. The molecule has 1 aromatic rings. The lowest BCUT2D eigenvalue weighted by molar-refractivity contribution is -0.120. The molecule has 1 saturated carbocycles. The lowest BCUT2D eigenvalue weighted by Gasteiger charge is -2.17. The van der Waals surface area contributed by atoms with Gasteiger partial charge in [-0.05, 0) is 56.8 Å². The first kappa shape index (κ1) is 14.5. The quantitative estimate of drug-likeness (QED) is 0.729. The molecule has 0 radical (unpaired) electrons. The molecule has 1 aromatic carbocycles. The van der Waals surface area contributed by atoms with Crippen LogP contribution in [0.3, 0.4) is 0 Å². The van der Waals surface area contributed by atoms with E-state index in [2.05, 4.69) is 53.1 Å². The van der Waals surface area contributed by atoms with Crippen LogP contribution in [0.1, 0.15) is 19.3 Å². The van der Waals surface area contributed by atoms with Crippen LogP contribution in [0.25, 0.3) is 0 Å². The van der Waals surface area contributed by atoms with E-state index in [1.807, 2.05) is 12.1 Å². The molecule has 1 amide bonds. The largest absolute Gasteiger partial charge is 0.327 e. The molecule has 1 fully saturated rings.